The van der Waals surface area contributed by atoms with Gasteiger partial charge in [0.25, 0.3) is 0 Å². The van der Waals surface area contributed by atoms with E-state index in [-0.39, 0.29) is 22.8 Å². The second-order valence-corrected chi connectivity index (χ2v) is 9.33. The smallest absolute Gasteiger partial charge is 0.310 e. The molecule has 0 bridgehead atoms. The molecule has 2 aromatic carbocycles. The van der Waals surface area contributed by atoms with Gasteiger partial charge in [-0.1, -0.05) is 18.2 Å². The number of hydrogen-bond acceptors (Lipinski definition) is 5. The SMILES string of the molecule is NC1=[N+](c2ccc(Oc3ccccc3)cc2)C2CS(=O)(=O)CC2S1. The van der Waals surface area contributed by atoms with E-state index in [1.807, 2.05) is 59.2 Å². The average molecular weight is 361 g/mol. The molecular formula is C17H17N2O3S2+. The second kappa shape index (κ2) is 5.82. The molecule has 124 valence electrons. The number of fused-ring (bicyclic) bond motifs is 1. The molecule has 2 aliphatic heterocycles. The minimum Gasteiger partial charge on any atom is -0.457 e. The summed E-state index contributed by atoms with van der Waals surface area (Å²) in [7, 11) is -2.97. The van der Waals surface area contributed by atoms with E-state index in [0.29, 0.717) is 5.17 Å². The molecule has 0 saturated carbocycles. The maximum atomic E-state index is 11.9. The monoisotopic (exact) mass is 361 g/mol. The summed E-state index contributed by atoms with van der Waals surface area (Å²) in [5, 5.41) is 0.687. The number of ether oxygens (including phenoxy) is 1. The number of nitrogens with two attached hydrogens (primary N) is 1. The van der Waals surface area contributed by atoms with Crippen LogP contribution in [0, 0.1) is 0 Å². The molecule has 0 amide bonds. The zero-order chi connectivity index (χ0) is 16.7. The summed E-state index contributed by atoms with van der Waals surface area (Å²) in [6, 6.07) is 17.1. The van der Waals surface area contributed by atoms with Crippen LogP contribution in [0.5, 0.6) is 11.5 Å². The van der Waals surface area contributed by atoms with Crippen LogP contribution in [0.2, 0.25) is 0 Å². The maximum Gasteiger partial charge on any atom is 0.310 e. The fourth-order valence-corrected chi connectivity index (χ4v) is 6.96. The van der Waals surface area contributed by atoms with Gasteiger partial charge in [0, 0.05) is 0 Å². The summed E-state index contributed by atoms with van der Waals surface area (Å²) in [6.07, 6.45) is 0. The highest BCUT2D eigenvalue weighted by Gasteiger charge is 2.49. The van der Waals surface area contributed by atoms with Crippen LogP contribution in [-0.4, -0.2) is 41.0 Å². The molecule has 0 spiro atoms. The summed E-state index contributed by atoms with van der Waals surface area (Å²) < 4.78 is 31.5. The zero-order valence-electron chi connectivity index (χ0n) is 12.8. The highest BCUT2D eigenvalue weighted by atomic mass is 32.2. The lowest BCUT2D eigenvalue weighted by Gasteiger charge is -2.11. The van der Waals surface area contributed by atoms with Gasteiger partial charge in [0.05, 0.1) is 16.8 Å². The van der Waals surface area contributed by atoms with Crippen LogP contribution in [0.3, 0.4) is 0 Å². The second-order valence-electron chi connectivity index (χ2n) is 5.92. The highest BCUT2D eigenvalue weighted by molar-refractivity contribution is 8.15. The van der Waals surface area contributed by atoms with Crippen molar-refractivity contribution in [3.63, 3.8) is 0 Å². The van der Waals surface area contributed by atoms with E-state index in [9.17, 15) is 8.42 Å². The Bertz CT molecular complexity index is 893. The number of hydrogen-bond donors (Lipinski definition) is 1. The molecule has 0 aliphatic carbocycles. The summed E-state index contributed by atoms with van der Waals surface area (Å²) in [6.45, 7) is 0. The number of para-hydroxylation sites is 1. The molecule has 1 saturated heterocycles. The molecule has 0 radical (unpaired) electrons. The molecule has 7 heteroatoms. The fraction of sp³-hybridized carbons (Fsp3) is 0.235. The van der Waals surface area contributed by atoms with Gasteiger partial charge < -0.3 is 4.74 Å². The lowest BCUT2D eigenvalue weighted by Crippen LogP contribution is -2.29. The molecule has 2 heterocycles. The normalized spacial score (nSPS) is 24.8. The number of thioether (sulfide) groups is 1. The first kappa shape index (κ1) is 15.5. The fourth-order valence-electron chi connectivity index (χ4n) is 3.14. The summed E-state index contributed by atoms with van der Waals surface area (Å²) >= 11 is 1.46. The van der Waals surface area contributed by atoms with Crippen molar-refractivity contribution < 1.29 is 17.7 Å². The van der Waals surface area contributed by atoms with Gasteiger partial charge in [-0.2, -0.15) is 0 Å². The lowest BCUT2D eigenvalue weighted by molar-refractivity contribution is -0.470. The Morgan fingerprint density at radius 1 is 1.00 bits per heavy atom. The van der Waals surface area contributed by atoms with Crippen molar-refractivity contribution in [1.29, 1.82) is 0 Å². The first-order valence-electron chi connectivity index (χ1n) is 7.63. The zero-order valence-corrected chi connectivity index (χ0v) is 14.5. The van der Waals surface area contributed by atoms with E-state index in [1.165, 1.54) is 11.8 Å². The van der Waals surface area contributed by atoms with E-state index in [2.05, 4.69) is 0 Å². The van der Waals surface area contributed by atoms with Gasteiger partial charge in [-0.25, -0.2) is 13.0 Å². The third kappa shape index (κ3) is 2.89. The minimum absolute atomic E-state index is 0.0234. The molecule has 1 fully saturated rings. The van der Waals surface area contributed by atoms with E-state index in [0.717, 1.165) is 17.2 Å². The number of amidine groups is 1. The largest absolute Gasteiger partial charge is 0.457 e. The Balaban J connectivity index is 1.58. The number of benzene rings is 2. The molecule has 2 N–H and O–H groups in total. The quantitative estimate of drug-likeness (QED) is 0.850. The van der Waals surface area contributed by atoms with Crippen LogP contribution in [0.4, 0.5) is 5.69 Å². The Kier molecular flexibility index (Phi) is 3.77. The van der Waals surface area contributed by atoms with Crippen LogP contribution in [0.1, 0.15) is 0 Å². The van der Waals surface area contributed by atoms with Crippen LogP contribution >= 0.6 is 11.8 Å². The molecule has 2 atom stereocenters. The Morgan fingerprint density at radius 3 is 2.38 bits per heavy atom. The molecule has 2 aromatic rings. The van der Waals surface area contributed by atoms with Crippen molar-refractivity contribution in [2.75, 3.05) is 11.5 Å². The van der Waals surface area contributed by atoms with Crippen molar-refractivity contribution in [1.82, 2.24) is 0 Å². The third-order valence-electron chi connectivity index (χ3n) is 4.21. The summed E-state index contributed by atoms with van der Waals surface area (Å²) in [4.78, 5) is 0. The Labute approximate surface area is 145 Å². The summed E-state index contributed by atoms with van der Waals surface area (Å²) in [5.74, 6) is 1.86. The lowest BCUT2D eigenvalue weighted by atomic mass is 10.2. The van der Waals surface area contributed by atoms with E-state index in [1.54, 1.807) is 0 Å². The van der Waals surface area contributed by atoms with Gasteiger partial charge in [0.1, 0.15) is 23.2 Å². The predicted octanol–water partition coefficient (Wildman–Crippen LogP) is 2.35. The molecule has 2 aliphatic rings. The standard InChI is InChI=1S/C17H16N2O3S2/c18-17-19(15-10-24(20,21)11-16(15)23-17)12-6-8-14(9-7-12)22-13-4-2-1-3-5-13/h1-9,15-16,18H,10-11H2/p+1. The van der Waals surface area contributed by atoms with Gasteiger partial charge in [0.2, 0.25) is 0 Å². The Morgan fingerprint density at radius 2 is 1.67 bits per heavy atom. The molecule has 4 rings (SSSR count). The first-order chi connectivity index (χ1) is 11.5. The van der Waals surface area contributed by atoms with Crippen LogP contribution in [-0.2, 0) is 9.84 Å². The predicted molar refractivity (Wildman–Crippen MR) is 95.9 cm³/mol. The van der Waals surface area contributed by atoms with Crippen molar-refractivity contribution >= 4 is 32.5 Å². The number of rotatable bonds is 3. The molecule has 0 aromatic heterocycles. The number of nitrogens with zero attached hydrogens (tertiary/aromatic N) is 1. The van der Waals surface area contributed by atoms with Crippen LogP contribution < -0.4 is 10.5 Å². The van der Waals surface area contributed by atoms with E-state index < -0.39 is 9.84 Å². The van der Waals surface area contributed by atoms with Crippen molar-refractivity contribution in [2.45, 2.75) is 11.3 Å². The van der Waals surface area contributed by atoms with Gasteiger partial charge >= 0.3 is 5.17 Å². The topological polar surface area (TPSA) is 72.4 Å². The van der Waals surface area contributed by atoms with Gasteiger partial charge in [-0.3, -0.25) is 5.73 Å². The van der Waals surface area contributed by atoms with Crippen LogP contribution in [0.15, 0.2) is 54.6 Å². The average Bonchev–Trinajstić information content (AvgIpc) is 2.99. The molecule has 2 unspecified atom stereocenters. The van der Waals surface area contributed by atoms with E-state index >= 15 is 0 Å². The first-order valence-corrected chi connectivity index (χ1v) is 10.3. The van der Waals surface area contributed by atoms with Gasteiger partial charge in [0.15, 0.2) is 9.84 Å². The van der Waals surface area contributed by atoms with Crippen LogP contribution in [0.25, 0.3) is 0 Å². The molecule has 5 nitrogen and oxygen atoms in total. The maximum absolute atomic E-state index is 11.9. The number of sulfone groups is 1. The molecule has 24 heavy (non-hydrogen) atoms. The minimum atomic E-state index is -2.97. The van der Waals surface area contributed by atoms with E-state index in [4.69, 9.17) is 10.5 Å². The Hall–Kier alpha value is -1.99. The van der Waals surface area contributed by atoms with Crippen molar-refractivity contribution in [3.8, 4) is 11.5 Å². The summed E-state index contributed by atoms with van der Waals surface area (Å²) in [5.41, 5.74) is 7.02. The van der Waals surface area contributed by atoms with Gasteiger partial charge in [-0.05, 0) is 48.2 Å². The highest BCUT2D eigenvalue weighted by Crippen LogP contribution is 2.37. The van der Waals surface area contributed by atoms with Crippen molar-refractivity contribution in [3.05, 3.63) is 54.6 Å². The third-order valence-corrected chi connectivity index (χ3v) is 7.36. The van der Waals surface area contributed by atoms with Crippen molar-refractivity contribution in [2.24, 2.45) is 5.73 Å². The van der Waals surface area contributed by atoms with Gasteiger partial charge in [-0.15, -0.1) is 0 Å². The molecular weight excluding hydrogens is 344 g/mol.